The average Bonchev–Trinajstić information content (AvgIpc) is 3.15. The summed E-state index contributed by atoms with van der Waals surface area (Å²) in [4.78, 5) is 0. The van der Waals surface area contributed by atoms with Gasteiger partial charge in [0.05, 0.1) is 51.1 Å². The number of rotatable bonds is 15. The zero-order chi connectivity index (χ0) is 33.8. The summed E-state index contributed by atoms with van der Waals surface area (Å²) in [5, 5.41) is -0.304. The Morgan fingerprint density at radius 3 is 1.86 bits per heavy atom. The molecule has 0 aromatic heterocycles. The lowest BCUT2D eigenvalue weighted by molar-refractivity contribution is -0.206. The molecule has 0 spiro atoms. The molecule has 4 aromatic rings. The summed E-state index contributed by atoms with van der Waals surface area (Å²) in [7, 11) is 1.69. The van der Waals surface area contributed by atoms with Gasteiger partial charge in [-0.2, -0.15) is 0 Å². The molecule has 6 rings (SSSR count). The highest BCUT2D eigenvalue weighted by Crippen LogP contribution is 2.38. The molecule has 0 saturated carbocycles. The molecule has 5 nitrogen and oxygen atoms in total. The molecule has 6 atom stereocenters. The number of ether oxygens (including phenoxy) is 5. The summed E-state index contributed by atoms with van der Waals surface area (Å²) in [5.41, 5.74) is 6.88. The fourth-order valence-electron chi connectivity index (χ4n) is 6.62. The first-order valence-electron chi connectivity index (χ1n) is 17.4. The van der Waals surface area contributed by atoms with E-state index in [0.717, 1.165) is 40.9 Å². The Balaban J connectivity index is 1.30. The number of hydrogen-bond donors (Lipinski definition) is 0. The first-order valence-corrected chi connectivity index (χ1v) is 17.8. The molecule has 49 heavy (non-hydrogen) atoms. The van der Waals surface area contributed by atoms with Crippen molar-refractivity contribution in [2.24, 2.45) is 5.92 Å². The van der Waals surface area contributed by atoms with Crippen molar-refractivity contribution in [3.8, 4) is 0 Å². The molecular formula is C43H47ClO5. The number of halogens is 1. The quantitative estimate of drug-likeness (QED) is 0.117. The summed E-state index contributed by atoms with van der Waals surface area (Å²) in [6.07, 6.45) is 5.46. The molecule has 1 aliphatic heterocycles. The molecule has 1 fully saturated rings. The molecule has 0 N–H and O–H groups in total. The van der Waals surface area contributed by atoms with Crippen LogP contribution in [0.25, 0.3) is 0 Å². The molecule has 3 unspecified atom stereocenters. The Bertz CT molecular complexity index is 1620. The third kappa shape index (κ3) is 9.72. The highest BCUT2D eigenvalue weighted by Gasteiger charge is 2.43. The molecule has 1 aliphatic carbocycles. The van der Waals surface area contributed by atoms with E-state index < -0.39 is 6.10 Å². The summed E-state index contributed by atoms with van der Waals surface area (Å²) in [5.74, 6) is 0.727. The van der Waals surface area contributed by atoms with Crippen LogP contribution in [0.4, 0.5) is 0 Å². The minimum atomic E-state index is -0.428. The highest BCUT2D eigenvalue weighted by atomic mass is 35.5. The van der Waals surface area contributed by atoms with Crippen molar-refractivity contribution in [1.82, 2.24) is 0 Å². The zero-order valence-electron chi connectivity index (χ0n) is 28.5. The normalized spacial score (nSPS) is 23.8. The second-order valence-corrected chi connectivity index (χ2v) is 13.3. The zero-order valence-corrected chi connectivity index (χ0v) is 29.2. The van der Waals surface area contributed by atoms with Crippen LogP contribution in [0.15, 0.2) is 139 Å². The van der Waals surface area contributed by atoms with Crippen molar-refractivity contribution in [3.63, 3.8) is 0 Å². The summed E-state index contributed by atoms with van der Waals surface area (Å²) in [6, 6.07) is 39.6. The van der Waals surface area contributed by atoms with Gasteiger partial charge in [0, 0.05) is 12.3 Å². The van der Waals surface area contributed by atoms with Gasteiger partial charge in [-0.3, -0.25) is 0 Å². The highest BCUT2D eigenvalue weighted by molar-refractivity contribution is 6.22. The number of methoxy groups -OCH3 is 1. The largest absolute Gasteiger partial charge is 0.499 e. The van der Waals surface area contributed by atoms with E-state index in [1.165, 1.54) is 11.1 Å². The van der Waals surface area contributed by atoms with Crippen LogP contribution in [0, 0.1) is 5.92 Å². The molecule has 4 aromatic carbocycles. The van der Waals surface area contributed by atoms with Crippen molar-refractivity contribution in [3.05, 3.63) is 167 Å². The number of benzene rings is 4. The van der Waals surface area contributed by atoms with Crippen molar-refractivity contribution in [2.45, 2.75) is 75.8 Å². The fraction of sp³-hybridized carbons (Fsp3) is 0.349. The molecule has 1 saturated heterocycles. The van der Waals surface area contributed by atoms with Gasteiger partial charge in [0.15, 0.2) is 0 Å². The van der Waals surface area contributed by atoms with Gasteiger partial charge in [0.2, 0.25) is 0 Å². The smallest absolute Gasteiger partial charge is 0.114 e. The number of alkyl halides is 1. The Kier molecular flexibility index (Phi) is 12.8. The third-order valence-corrected chi connectivity index (χ3v) is 9.88. The molecule has 6 heteroatoms. The van der Waals surface area contributed by atoms with Gasteiger partial charge >= 0.3 is 0 Å². The molecule has 256 valence electrons. The van der Waals surface area contributed by atoms with Crippen LogP contribution >= 0.6 is 11.6 Å². The van der Waals surface area contributed by atoms with Crippen molar-refractivity contribution in [1.29, 1.82) is 0 Å². The minimum absolute atomic E-state index is 0.000797. The van der Waals surface area contributed by atoms with E-state index in [-0.39, 0.29) is 29.6 Å². The van der Waals surface area contributed by atoms with E-state index in [9.17, 15) is 0 Å². The second kappa shape index (κ2) is 17.8. The van der Waals surface area contributed by atoms with Crippen molar-refractivity contribution < 1.29 is 23.7 Å². The number of hydrogen-bond acceptors (Lipinski definition) is 5. The van der Waals surface area contributed by atoms with Crippen LogP contribution < -0.4 is 0 Å². The van der Waals surface area contributed by atoms with Gasteiger partial charge in [-0.15, -0.1) is 11.6 Å². The first kappa shape index (κ1) is 35.1. The summed E-state index contributed by atoms with van der Waals surface area (Å²) < 4.78 is 32.6. The SMILES string of the molecule is CCc1ccc(CC2C=C(C3O[C@H](COCc4ccccc4)C[C@H](OCc4ccccc4)[C@H]3OCc3ccccc3)C=C(OC)C2Cl)cc1. The van der Waals surface area contributed by atoms with Crippen LogP contribution in [0.5, 0.6) is 0 Å². The molecular weight excluding hydrogens is 632 g/mol. The standard InChI is InChI=1S/C43H47ClO5/c1-3-31-19-21-32(22-20-31)23-36-24-37(25-39(45-2)41(36)44)42-43(48-29-35-17-11-6-12-18-35)40(47-28-34-15-9-5-10-16-34)26-38(49-42)30-46-27-33-13-7-4-8-14-33/h4-22,24-25,36,38,40-43H,3,23,26-30H2,1-2H3/t36?,38-,40-,41?,42?,43+/m0/s1. The van der Waals surface area contributed by atoms with E-state index in [1.807, 2.05) is 60.7 Å². The predicted molar refractivity (Wildman–Crippen MR) is 195 cm³/mol. The third-order valence-electron chi connectivity index (χ3n) is 9.34. The van der Waals surface area contributed by atoms with Crippen molar-refractivity contribution >= 4 is 11.6 Å². The van der Waals surface area contributed by atoms with Gasteiger partial charge in [-0.25, -0.2) is 0 Å². The topological polar surface area (TPSA) is 46.2 Å². The van der Waals surface area contributed by atoms with Crippen LogP contribution in [0.1, 0.15) is 41.2 Å². The maximum Gasteiger partial charge on any atom is 0.114 e. The van der Waals surface area contributed by atoms with E-state index in [4.69, 9.17) is 35.3 Å². The second-order valence-electron chi connectivity index (χ2n) is 12.9. The summed E-state index contributed by atoms with van der Waals surface area (Å²) >= 11 is 7.09. The summed E-state index contributed by atoms with van der Waals surface area (Å²) in [6.45, 7) is 4.02. The maximum absolute atomic E-state index is 7.09. The van der Waals surface area contributed by atoms with Crippen LogP contribution in [0.2, 0.25) is 0 Å². The molecule has 0 bridgehead atoms. The Morgan fingerprint density at radius 2 is 1.27 bits per heavy atom. The maximum atomic E-state index is 7.09. The Morgan fingerprint density at radius 1 is 0.694 bits per heavy atom. The molecule has 0 radical (unpaired) electrons. The average molecular weight is 679 g/mol. The first-order chi connectivity index (χ1) is 24.1. The van der Waals surface area contributed by atoms with E-state index >= 15 is 0 Å². The van der Waals surface area contributed by atoms with E-state index in [0.29, 0.717) is 32.8 Å². The van der Waals surface area contributed by atoms with Gasteiger partial charge in [-0.05, 0) is 52.3 Å². The van der Waals surface area contributed by atoms with E-state index in [2.05, 4.69) is 73.7 Å². The van der Waals surface area contributed by atoms with Gasteiger partial charge in [-0.1, -0.05) is 128 Å². The van der Waals surface area contributed by atoms with Gasteiger partial charge in [0.25, 0.3) is 0 Å². The lowest BCUT2D eigenvalue weighted by Gasteiger charge is -2.43. The van der Waals surface area contributed by atoms with Crippen LogP contribution in [-0.4, -0.2) is 43.5 Å². The monoisotopic (exact) mass is 678 g/mol. The fourth-order valence-corrected chi connectivity index (χ4v) is 6.93. The van der Waals surface area contributed by atoms with E-state index in [1.54, 1.807) is 7.11 Å². The molecule has 0 amide bonds. The van der Waals surface area contributed by atoms with Crippen LogP contribution in [-0.2, 0) is 56.3 Å². The Labute approximate surface area is 296 Å². The molecule has 2 aliphatic rings. The van der Waals surface area contributed by atoms with Gasteiger partial charge in [0.1, 0.15) is 18.0 Å². The Hall–Kier alpha value is -3.71. The number of aryl methyl sites for hydroxylation is 1. The lowest BCUT2D eigenvalue weighted by Crippen LogP contribution is -2.52. The van der Waals surface area contributed by atoms with Crippen molar-refractivity contribution in [2.75, 3.05) is 13.7 Å². The predicted octanol–water partition coefficient (Wildman–Crippen LogP) is 9.03. The van der Waals surface area contributed by atoms with Crippen LogP contribution in [0.3, 0.4) is 0 Å². The molecule has 1 heterocycles. The number of allylic oxidation sites excluding steroid dienone is 2. The van der Waals surface area contributed by atoms with Gasteiger partial charge < -0.3 is 23.7 Å². The lowest BCUT2D eigenvalue weighted by atomic mass is 9.84. The minimum Gasteiger partial charge on any atom is -0.499 e.